The molecule has 0 saturated carbocycles. The molecule has 0 atom stereocenters. The molecule has 0 aliphatic rings. The van der Waals surface area contributed by atoms with Crippen LogP contribution in [0.15, 0.2) is 42.5 Å². The summed E-state index contributed by atoms with van der Waals surface area (Å²) in [5, 5.41) is 9.99. The molecule has 0 fully saturated rings. The van der Waals surface area contributed by atoms with E-state index in [-0.39, 0.29) is 0 Å². The van der Waals surface area contributed by atoms with Crippen molar-refractivity contribution in [1.29, 1.82) is 0 Å². The van der Waals surface area contributed by atoms with Gasteiger partial charge in [-0.3, -0.25) is 0 Å². The number of allylic oxidation sites excluding steroid dienone is 1. The molecule has 2 nitrogen and oxygen atoms in total. The maximum atomic E-state index is 9.99. The molecule has 1 aromatic carbocycles. The maximum absolute atomic E-state index is 9.99. The van der Waals surface area contributed by atoms with Crippen molar-refractivity contribution in [3.8, 4) is 0 Å². The Kier molecular flexibility index (Phi) is 3.08. The summed E-state index contributed by atoms with van der Waals surface area (Å²) < 4.78 is 0. The van der Waals surface area contributed by atoms with Gasteiger partial charge in [0.2, 0.25) is 0 Å². The van der Waals surface area contributed by atoms with E-state index < -0.39 is 5.97 Å². The Labute approximate surface area is 71.2 Å². The first-order valence-electron chi connectivity index (χ1n) is 3.70. The molecule has 0 bridgehead atoms. The van der Waals surface area contributed by atoms with Gasteiger partial charge < -0.3 is 9.90 Å². The standard InChI is InChI=1S/C10H10O2/c11-10(12)8-4-7-9-5-2-1-3-6-9/h1-6,8H,7H2,(H,11,12)/p-1/b8-4+. The van der Waals surface area contributed by atoms with Crippen LogP contribution >= 0.6 is 0 Å². The van der Waals surface area contributed by atoms with E-state index in [1.807, 2.05) is 30.3 Å². The summed E-state index contributed by atoms with van der Waals surface area (Å²) in [6.07, 6.45) is 3.26. The van der Waals surface area contributed by atoms with Crippen molar-refractivity contribution >= 4 is 5.97 Å². The molecule has 1 rings (SSSR count). The minimum absolute atomic E-state index is 0.634. The Morgan fingerprint density at radius 2 is 2.00 bits per heavy atom. The average molecular weight is 161 g/mol. The van der Waals surface area contributed by atoms with Crippen LogP contribution in [-0.4, -0.2) is 5.97 Å². The highest BCUT2D eigenvalue weighted by molar-refractivity contribution is 5.77. The lowest BCUT2D eigenvalue weighted by molar-refractivity contribution is -0.297. The number of carboxylic acids is 1. The van der Waals surface area contributed by atoms with Crippen LogP contribution in [0, 0.1) is 0 Å². The summed E-state index contributed by atoms with van der Waals surface area (Å²) in [5.74, 6) is -1.15. The van der Waals surface area contributed by atoms with Crippen LogP contribution in [0.4, 0.5) is 0 Å². The Balaban J connectivity index is 2.49. The summed E-state index contributed by atoms with van der Waals surface area (Å²) in [7, 11) is 0. The molecule has 0 amide bonds. The smallest absolute Gasteiger partial charge is 0.0639 e. The van der Waals surface area contributed by atoms with Crippen molar-refractivity contribution in [2.45, 2.75) is 6.42 Å². The molecule has 62 valence electrons. The minimum Gasteiger partial charge on any atom is -0.545 e. The van der Waals surface area contributed by atoms with Gasteiger partial charge in [0.25, 0.3) is 0 Å². The second kappa shape index (κ2) is 4.34. The van der Waals surface area contributed by atoms with Crippen molar-refractivity contribution < 1.29 is 9.90 Å². The molecule has 0 radical (unpaired) electrons. The van der Waals surface area contributed by atoms with Crippen molar-refractivity contribution in [1.82, 2.24) is 0 Å². The Hall–Kier alpha value is -1.57. The van der Waals surface area contributed by atoms with Gasteiger partial charge in [0, 0.05) is 0 Å². The number of carboxylic acid groups (broad SMARTS) is 1. The fourth-order valence-corrected chi connectivity index (χ4v) is 0.905. The van der Waals surface area contributed by atoms with Gasteiger partial charge in [0.15, 0.2) is 0 Å². The van der Waals surface area contributed by atoms with Crippen LogP contribution in [0.3, 0.4) is 0 Å². The zero-order chi connectivity index (χ0) is 8.81. The van der Waals surface area contributed by atoms with E-state index >= 15 is 0 Å². The average Bonchev–Trinajstić information content (AvgIpc) is 2.05. The van der Waals surface area contributed by atoms with E-state index in [2.05, 4.69) is 0 Å². The number of carbonyl (C=O) groups is 1. The topological polar surface area (TPSA) is 40.1 Å². The highest BCUT2D eigenvalue weighted by Gasteiger charge is 1.84. The summed E-state index contributed by atoms with van der Waals surface area (Å²) in [5.41, 5.74) is 1.09. The number of hydrogen-bond donors (Lipinski definition) is 0. The number of carbonyl (C=O) groups excluding carboxylic acids is 1. The fraction of sp³-hybridized carbons (Fsp3) is 0.100. The minimum atomic E-state index is -1.15. The predicted octanol–water partition coefficient (Wildman–Crippen LogP) is 0.535. The quantitative estimate of drug-likeness (QED) is 0.607. The maximum Gasteiger partial charge on any atom is 0.0639 e. The third-order valence-corrected chi connectivity index (χ3v) is 1.45. The van der Waals surface area contributed by atoms with E-state index in [0.717, 1.165) is 11.6 Å². The van der Waals surface area contributed by atoms with E-state index in [1.165, 1.54) is 0 Å². The van der Waals surface area contributed by atoms with Crippen LogP contribution in [0.2, 0.25) is 0 Å². The normalized spacial score (nSPS) is 10.3. The molecular weight excluding hydrogens is 152 g/mol. The molecule has 2 heteroatoms. The lowest BCUT2D eigenvalue weighted by Crippen LogP contribution is -2.18. The van der Waals surface area contributed by atoms with Gasteiger partial charge in [-0.1, -0.05) is 36.4 Å². The zero-order valence-corrected chi connectivity index (χ0v) is 6.57. The summed E-state index contributed by atoms with van der Waals surface area (Å²) >= 11 is 0. The van der Waals surface area contributed by atoms with Crippen molar-refractivity contribution in [3.63, 3.8) is 0 Å². The first-order valence-corrected chi connectivity index (χ1v) is 3.70. The van der Waals surface area contributed by atoms with Crippen molar-refractivity contribution in [3.05, 3.63) is 48.0 Å². The van der Waals surface area contributed by atoms with E-state index in [9.17, 15) is 9.90 Å². The summed E-state index contributed by atoms with van der Waals surface area (Å²) in [4.78, 5) is 9.99. The third-order valence-electron chi connectivity index (χ3n) is 1.45. The first-order chi connectivity index (χ1) is 5.79. The molecule has 12 heavy (non-hydrogen) atoms. The monoisotopic (exact) mass is 161 g/mol. The van der Waals surface area contributed by atoms with Gasteiger partial charge >= 0.3 is 0 Å². The second-order valence-electron chi connectivity index (χ2n) is 2.41. The van der Waals surface area contributed by atoms with Crippen LogP contribution < -0.4 is 5.11 Å². The number of aliphatic carboxylic acids is 1. The van der Waals surface area contributed by atoms with E-state index in [0.29, 0.717) is 6.42 Å². The zero-order valence-electron chi connectivity index (χ0n) is 6.57. The first kappa shape index (κ1) is 8.53. The third kappa shape index (κ3) is 3.01. The van der Waals surface area contributed by atoms with Crippen LogP contribution in [-0.2, 0) is 11.2 Å². The lowest BCUT2D eigenvalue weighted by atomic mass is 10.1. The van der Waals surface area contributed by atoms with Crippen LogP contribution in [0.25, 0.3) is 0 Å². The molecule has 0 spiro atoms. The molecule has 0 aromatic heterocycles. The van der Waals surface area contributed by atoms with Gasteiger partial charge in [-0.15, -0.1) is 0 Å². The molecule has 0 aliphatic carbocycles. The van der Waals surface area contributed by atoms with Gasteiger partial charge in [-0.05, 0) is 18.1 Å². The SMILES string of the molecule is O=C([O-])/C=C/Cc1ccccc1. The summed E-state index contributed by atoms with van der Waals surface area (Å²) in [6.45, 7) is 0. The Morgan fingerprint density at radius 3 is 2.58 bits per heavy atom. The fourth-order valence-electron chi connectivity index (χ4n) is 0.905. The van der Waals surface area contributed by atoms with Gasteiger partial charge in [0.1, 0.15) is 0 Å². The Bertz CT molecular complexity index is 275. The number of rotatable bonds is 3. The van der Waals surface area contributed by atoms with E-state index in [4.69, 9.17) is 0 Å². The van der Waals surface area contributed by atoms with Gasteiger partial charge in [-0.25, -0.2) is 0 Å². The van der Waals surface area contributed by atoms with Crippen LogP contribution in [0.1, 0.15) is 5.56 Å². The molecule has 0 N–H and O–H groups in total. The number of benzene rings is 1. The number of hydrogen-bond acceptors (Lipinski definition) is 2. The highest BCUT2D eigenvalue weighted by Crippen LogP contribution is 1.99. The predicted molar refractivity (Wildman–Crippen MR) is 44.3 cm³/mol. The van der Waals surface area contributed by atoms with Crippen LogP contribution in [0.5, 0.6) is 0 Å². The lowest BCUT2D eigenvalue weighted by Gasteiger charge is -1.94. The molecular formula is C10H9O2-. The molecule has 1 aromatic rings. The van der Waals surface area contributed by atoms with Crippen molar-refractivity contribution in [2.75, 3.05) is 0 Å². The van der Waals surface area contributed by atoms with E-state index in [1.54, 1.807) is 6.08 Å². The summed E-state index contributed by atoms with van der Waals surface area (Å²) in [6, 6.07) is 9.65. The largest absolute Gasteiger partial charge is 0.545 e. The molecule has 0 saturated heterocycles. The van der Waals surface area contributed by atoms with Crippen molar-refractivity contribution in [2.24, 2.45) is 0 Å². The second-order valence-corrected chi connectivity index (χ2v) is 2.41. The van der Waals surface area contributed by atoms with Gasteiger partial charge in [0.05, 0.1) is 5.97 Å². The molecule has 0 heterocycles. The highest BCUT2D eigenvalue weighted by atomic mass is 16.4. The Morgan fingerprint density at radius 1 is 1.33 bits per heavy atom. The molecule has 0 unspecified atom stereocenters. The molecule has 0 aliphatic heterocycles. The van der Waals surface area contributed by atoms with Gasteiger partial charge in [-0.2, -0.15) is 0 Å².